The van der Waals surface area contributed by atoms with Crippen LogP contribution >= 0.6 is 0 Å². The molecule has 0 bridgehead atoms. The third-order valence-electron chi connectivity index (χ3n) is 4.65. The van der Waals surface area contributed by atoms with E-state index in [0.29, 0.717) is 48.3 Å². The Morgan fingerprint density at radius 3 is 2.52 bits per heavy atom. The van der Waals surface area contributed by atoms with Gasteiger partial charge in [-0.15, -0.1) is 0 Å². The van der Waals surface area contributed by atoms with E-state index < -0.39 is 0 Å². The standard InChI is InChI=1S/C21H23N3O3/c1-14-10-11-15-16(13-14)21(27)24(20(15)26)12-6-2-3-9-19(25)23-18-8-5-4-7-17(18)22/h4-5,7-8,10-11,13H,2-3,6,9,12,22H2,1H3,(H,23,25). The summed E-state index contributed by atoms with van der Waals surface area (Å²) in [5.74, 6) is -0.549. The van der Waals surface area contributed by atoms with E-state index in [4.69, 9.17) is 5.73 Å². The van der Waals surface area contributed by atoms with Crippen molar-refractivity contribution in [3.8, 4) is 0 Å². The number of hydrogen-bond acceptors (Lipinski definition) is 4. The average Bonchev–Trinajstić information content (AvgIpc) is 2.87. The lowest BCUT2D eigenvalue weighted by Crippen LogP contribution is -2.30. The lowest BCUT2D eigenvalue weighted by Gasteiger charge is -2.13. The zero-order chi connectivity index (χ0) is 19.4. The van der Waals surface area contributed by atoms with Crippen LogP contribution in [-0.4, -0.2) is 29.2 Å². The van der Waals surface area contributed by atoms with Crippen molar-refractivity contribution in [1.82, 2.24) is 4.90 Å². The molecular formula is C21H23N3O3. The predicted molar refractivity (Wildman–Crippen MR) is 104 cm³/mol. The number of unbranched alkanes of at least 4 members (excludes halogenated alkanes) is 2. The summed E-state index contributed by atoms with van der Waals surface area (Å²) in [6, 6.07) is 12.4. The van der Waals surface area contributed by atoms with Crippen LogP contribution in [0.2, 0.25) is 0 Å². The van der Waals surface area contributed by atoms with Gasteiger partial charge in [-0.2, -0.15) is 0 Å². The number of anilines is 2. The second kappa shape index (κ2) is 8.03. The summed E-state index contributed by atoms with van der Waals surface area (Å²) in [5, 5.41) is 2.79. The van der Waals surface area contributed by atoms with E-state index in [1.165, 1.54) is 4.90 Å². The van der Waals surface area contributed by atoms with Crippen LogP contribution in [0, 0.1) is 6.92 Å². The molecule has 3 rings (SSSR count). The Kier molecular flexibility index (Phi) is 5.54. The molecule has 1 heterocycles. The lowest BCUT2D eigenvalue weighted by atomic mass is 10.1. The number of amides is 3. The van der Waals surface area contributed by atoms with Gasteiger partial charge in [0, 0.05) is 13.0 Å². The summed E-state index contributed by atoms with van der Waals surface area (Å²) < 4.78 is 0. The number of carbonyl (C=O) groups excluding carboxylic acids is 3. The highest BCUT2D eigenvalue weighted by Crippen LogP contribution is 2.24. The summed E-state index contributed by atoms with van der Waals surface area (Å²) >= 11 is 0. The minimum absolute atomic E-state index is 0.0934. The molecule has 3 amide bonds. The molecule has 0 aromatic heterocycles. The molecular weight excluding hydrogens is 342 g/mol. The van der Waals surface area contributed by atoms with Gasteiger partial charge in [0.2, 0.25) is 5.91 Å². The van der Waals surface area contributed by atoms with E-state index in [9.17, 15) is 14.4 Å². The molecule has 6 nitrogen and oxygen atoms in total. The highest BCUT2D eigenvalue weighted by Gasteiger charge is 2.34. The number of para-hydroxylation sites is 2. The maximum atomic E-state index is 12.4. The van der Waals surface area contributed by atoms with Crippen LogP contribution in [0.25, 0.3) is 0 Å². The smallest absolute Gasteiger partial charge is 0.261 e. The van der Waals surface area contributed by atoms with Crippen molar-refractivity contribution in [2.24, 2.45) is 0 Å². The molecule has 140 valence electrons. The number of nitrogens with one attached hydrogen (secondary N) is 1. The summed E-state index contributed by atoms with van der Waals surface area (Å²) in [5.41, 5.74) is 8.87. The van der Waals surface area contributed by atoms with Crippen molar-refractivity contribution >= 4 is 29.1 Å². The number of fused-ring (bicyclic) bond motifs is 1. The van der Waals surface area contributed by atoms with Gasteiger partial charge in [0.1, 0.15) is 0 Å². The normalized spacial score (nSPS) is 13.0. The number of benzene rings is 2. The van der Waals surface area contributed by atoms with Crippen LogP contribution in [0.1, 0.15) is 52.0 Å². The molecule has 0 unspecified atom stereocenters. The molecule has 1 aliphatic heterocycles. The summed E-state index contributed by atoms with van der Waals surface area (Å²) in [7, 11) is 0. The van der Waals surface area contributed by atoms with Gasteiger partial charge < -0.3 is 11.1 Å². The van der Waals surface area contributed by atoms with E-state index in [2.05, 4.69) is 5.32 Å². The Morgan fingerprint density at radius 2 is 1.74 bits per heavy atom. The Balaban J connectivity index is 1.42. The molecule has 0 saturated carbocycles. The fourth-order valence-corrected chi connectivity index (χ4v) is 3.16. The molecule has 6 heteroatoms. The van der Waals surface area contributed by atoms with Gasteiger partial charge >= 0.3 is 0 Å². The van der Waals surface area contributed by atoms with Gasteiger partial charge in [-0.05, 0) is 44.0 Å². The van der Waals surface area contributed by atoms with Gasteiger partial charge in [-0.25, -0.2) is 0 Å². The molecule has 2 aromatic rings. The fourth-order valence-electron chi connectivity index (χ4n) is 3.16. The molecule has 0 saturated heterocycles. The van der Waals surface area contributed by atoms with Gasteiger partial charge in [0.25, 0.3) is 11.8 Å². The Labute approximate surface area is 158 Å². The predicted octanol–water partition coefficient (Wildman–Crippen LogP) is 3.37. The molecule has 27 heavy (non-hydrogen) atoms. The van der Waals surface area contributed by atoms with Gasteiger partial charge in [-0.1, -0.05) is 30.2 Å². The van der Waals surface area contributed by atoms with Gasteiger partial charge in [0.05, 0.1) is 22.5 Å². The third-order valence-corrected chi connectivity index (χ3v) is 4.65. The SMILES string of the molecule is Cc1ccc2c(c1)C(=O)N(CCCCCC(=O)Nc1ccccc1N)C2=O. The van der Waals surface area contributed by atoms with Crippen LogP contribution in [0.3, 0.4) is 0 Å². The second-order valence-electron chi connectivity index (χ2n) is 6.76. The summed E-state index contributed by atoms with van der Waals surface area (Å²) in [4.78, 5) is 38.0. The van der Waals surface area contributed by atoms with E-state index in [-0.39, 0.29) is 17.7 Å². The molecule has 2 aromatic carbocycles. The van der Waals surface area contributed by atoms with Crippen molar-refractivity contribution < 1.29 is 14.4 Å². The van der Waals surface area contributed by atoms with Crippen LogP contribution in [-0.2, 0) is 4.79 Å². The van der Waals surface area contributed by atoms with Crippen molar-refractivity contribution in [3.05, 3.63) is 59.2 Å². The first-order chi connectivity index (χ1) is 13.0. The van der Waals surface area contributed by atoms with Crippen LogP contribution in [0.5, 0.6) is 0 Å². The van der Waals surface area contributed by atoms with Gasteiger partial charge in [-0.3, -0.25) is 19.3 Å². The number of nitrogens with two attached hydrogens (primary N) is 1. The van der Waals surface area contributed by atoms with E-state index in [1.54, 1.807) is 24.3 Å². The van der Waals surface area contributed by atoms with Crippen molar-refractivity contribution in [2.45, 2.75) is 32.6 Å². The highest BCUT2D eigenvalue weighted by molar-refractivity contribution is 6.21. The maximum Gasteiger partial charge on any atom is 0.261 e. The molecule has 3 N–H and O–H groups in total. The topological polar surface area (TPSA) is 92.5 Å². The number of nitrogen functional groups attached to an aromatic ring is 1. The minimum Gasteiger partial charge on any atom is -0.397 e. The average molecular weight is 365 g/mol. The van der Waals surface area contributed by atoms with Crippen molar-refractivity contribution in [1.29, 1.82) is 0 Å². The molecule has 0 spiro atoms. The molecule has 0 atom stereocenters. The largest absolute Gasteiger partial charge is 0.397 e. The first kappa shape index (κ1) is 18.6. The molecule has 0 aliphatic carbocycles. The number of rotatable bonds is 7. The summed E-state index contributed by atoms with van der Waals surface area (Å²) in [6.45, 7) is 2.27. The number of hydrogen-bond donors (Lipinski definition) is 2. The molecule has 0 fully saturated rings. The number of imide groups is 1. The van der Waals surface area contributed by atoms with E-state index >= 15 is 0 Å². The highest BCUT2D eigenvalue weighted by atomic mass is 16.2. The monoisotopic (exact) mass is 365 g/mol. The lowest BCUT2D eigenvalue weighted by molar-refractivity contribution is -0.116. The Bertz CT molecular complexity index is 892. The Hall–Kier alpha value is -3.15. The van der Waals surface area contributed by atoms with Crippen LogP contribution in [0.15, 0.2) is 42.5 Å². The molecule has 0 radical (unpaired) electrons. The number of carbonyl (C=O) groups is 3. The minimum atomic E-state index is -0.229. The Morgan fingerprint density at radius 1 is 1.00 bits per heavy atom. The first-order valence-corrected chi connectivity index (χ1v) is 9.08. The van der Waals surface area contributed by atoms with Crippen LogP contribution < -0.4 is 11.1 Å². The zero-order valence-corrected chi connectivity index (χ0v) is 15.3. The summed E-state index contributed by atoms with van der Waals surface area (Å²) in [6.07, 6.45) is 2.48. The fraction of sp³-hybridized carbons (Fsp3) is 0.286. The van der Waals surface area contributed by atoms with Crippen molar-refractivity contribution in [2.75, 3.05) is 17.6 Å². The van der Waals surface area contributed by atoms with Crippen LogP contribution in [0.4, 0.5) is 11.4 Å². The maximum absolute atomic E-state index is 12.4. The van der Waals surface area contributed by atoms with E-state index in [1.807, 2.05) is 25.1 Å². The third kappa shape index (κ3) is 4.16. The second-order valence-corrected chi connectivity index (χ2v) is 6.76. The van der Waals surface area contributed by atoms with Crippen molar-refractivity contribution in [3.63, 3.8) is 0 Å². The zero-order valence-electron chi connectivity index (χ0n) is 15.3. The molecule has 1 aliphatic rings. The van der Waals surface area contributed by atoms with E-state index in [0.717, 1.165) is 12.0 Å². The quantitative estimate of drug-likeness (QED) is 0.447. The van der Waals surface area contributed by atoms with Gasteiger partial charge in [0.15, 0.2) is 0 Å². The number of aryl methyl sites for hydroxylation is 1. The number of nitrogens with zero attached hydrogens (tertiary/aromatic N) is 1. The first-order valence-electron chi connectivity index (χ1n) is 9.08.